The molecule has 1 N–H and O–H groups in total. The van der Waals surface area contributed by atoms with Gasteiger partial charge >= 0.3 is 0 Å². The molecule has 1 aliphatic carbocycles. The van der Waals surface area contributed by atoms with E-state index >= 15 is 0 Å². The van der Waals surface area contributed by atoms with E-state index in [4.69, 9.17) is 4.74 Å². The molecule has 0 aliphatic heterocycles. The molecule has 4 heteroatoms. The minimum atomic E-state index is -0.572. The first-order chi connectivity index (χ1) is 7.19. The number of nitrogens with zero attached hydrogens (tertiary/aromatic N) is 2. The van der Waals surface area contributed by atoms with Gasteiger partial charge < -0.3 is 9.84 Å². The van der Waals surface area contributed by atoms with E-state index in [9.17, 15) is 5.11 Å². The zero-order valence-corrected chi connectivity index (χ0v) is 9.31. The second-order valence-electron chi connectivity index (χ2n) is 4.26. The predicted molar refractivity (Wildman–Crippen MR) is 56.4 cm³/mol. The molecule has 1 heterocycles. The highest BCUT2D eigenvalue weighted by Gasteiger charge is 2.42. The molecule has 1 atom stereocenters. The first kappa shape index (κ1) is 10.6. The first-order valence-electron chi connectivity index (χ1n) is 5.41. The van der Waals surface area contributed by atoms with E-state index in [0.717, 1.165) is 31.4 Å². The number of aliphatic hydroxyl groups is 1. The van der Waals surface area contributed by atoms with Crippen LogP contribution in [-0.2, 0) is 11.8 Å². The van der Waals surface area contributed by atoms with Crippen LogP contribution in [0.5, 0.6) is 0 Å². The Morgan fingerprint density at radius 2 is 2.20 bits per heavy atom. The molecule has 1 aromatic rings. The van der Waals surface area contributed by atoms with E-state index in [1.54, 1.807) is 18.0 Å². The van der Waals surface area contributed by atoms with Crippen molar-refractivity contribution in [2.45, 2.75) is 37.4 Å². The van der Waals surface area contributed by atoms with Crippen molar-refractivity contribution in [3.63, 3.8) is 0 Å². The van der Waals surface area contributed by atoms with Gasteiger partial charge in [0.2, 0.25) is 0 Å². The molecule has 15 heavy (non-hydrogen) atoms. The fourth-order valence-electron chi connectivity index (χ4n) is 2.48. The maximum atomic E-state index is 10.4. The maximum absolute atomic E-state index is 10.4. The van der Waals surface area contributed by atoms with Gasteiger partial charge in [0.05, 0.1) is 11.3 Å². The van der Waals surface area contributed by atoms with Gasteiger partial charge in [0.15, 0.2) is 0 Å². The Kier molecular flexibility index (Phi) is 2.80. The third kappa shape index (κ3) is 1.68. The minimum absolute atomic E-state index is 0.395. The molecule has 1 fully saturated rings. The van der Waals surface area contributed by atoms with Crippen molar-refractivity contribution >= 4 is 0 Å². The van der Waals surface area contributed by atoms with Crippen LogP contribution in [0.3, 0.4) is 0 Å². The van der Waals surface area contributed by atoms with Crippen molar-refractivity contribution in [1.82, 2.24) is 9.78 Å². The third-order valence-electron chi connectivity index (χ3n) is 3.49. The van der Waals surface area contributed by atoms with Crippen molar-refractivity contribution in [2.75, 3.05) is 7.11 Å². The van der Waals surface area contributed by atoms with Gasteiger partial charge in [-0.25, -0.2) is 0 Å². The third-order valence-corrected chi connectivity index (χ3v) is 3.49. The Hall–Kier alpha value is -0.870. The summed E-state index contributed by atoms with van der Waals surface area (Å²) in [7, 11) is 3.53. The molecule has 2 rings (SSSR count). The Morgan fingerprint density at radius 1 is 1.53 bits per heavy atom. The van der Waals surface area contributed by atoms with Crippen LogP contribution < -0.4 is 0 Å². The van der Waals surface area contributed by atoms with Gasteiger partial charge in [0, 0.05) is 20.4 Å². The summed E-state index contributed by atoms with van der Waals surface area (Å²) in [5.74, 6) is 0. The first-order valence-corrected chi connectivity index (χ1v) is 5.41. The van der Waals surface area contributed by atoms with Gasteiger partial charge in [0.25, 0.3) is 0 Å². The molecule has 1 aliphatic rings. The monoisotopic (exact) mass is 210 g/mol. The number of hydrogen-bond donors (Lipinski definition) is 1. The van der Waals surface area contributed by atoms with E-state index in [2.05, 4.69) is 5.10 Å². The van der Waals surface area contributed by atoms with Gasteiger partial charge in [-0.15, -0.1) is 0 Å². The zero-order chi connectivity index (χ0) is 10.9. The average molecular weight is 210 g/mol. The average Bonchev–Trinajstić information content (AvgIpc) is 2.86. The van der Waals surface area contributed by atoms with E-state index in [-0.39, 0.29) is 0 Å². The Labute approximate surface area is 89.9 Å². The molecular weight excluding hydrogens is 192 g/mol. The van der Waals surface area contributed by atoms with E-state index < -0.39 is 11.7 Å². The molecule has 1 saturated carbocycles. The van der Waals surface area contributed by atoms with Crippen LogP contribution in [0, 0.1) is 0 Å². The standard InChI is InChI=1S/C11H18N2O2/c1-13-9(5-8-12-13)10(14)11(15-2)6-3-4-7-11/h5,8,10,14H,3-4,6-7H2,1-2H3. The van der Waals surface area contributed by atoms with Gasteiger partial charge in [0.1, 0.15) is 6.10 Å². The number of aliphatic hydroxyl groups excluding tert-OH is 1. The predicted octanol–water partition coefficient (Wildman–Crippen LogP) is 1.41. The molecule has 0 saturated heterocycles. The SMILES string of the molecule is COC1(C(O)c2ccnn2C)CCCC1. The quantitative estimate of drug-likeness (QED) is 0.820. The lowest BCUT2D eigenvalue weighted by Gasteiger charge is -2.32. The fraction of sp³-hybridized carbons (Fsp3) is 0.727. The van der Waals surface area contributed by atoms with Crippen LogP contribution in [0.4, 0.5) is 0 Å². The van der Waals surface area contributed by atoms with Gasteiger partial charge in [-0.05, 0) is 18.9 Å². The molecule has 0 bridgehead atoms. The fourth-order valence-corrected chi connectivity index (χ4v) is 2.48. The smallest absolute Gasteiger partial charge is 0.124 e. The summed E-state index contributed by atoms with van der Waals surface area (Å²) in [6.45, 7) is 0. The Balaban J connectivity index is 2.26. The summed E-state index contributed by atoms with van der Waals surface area (Å²) in [5, 5.41) is 14.4. The van der Waals surface area contributed by atoms with Crippen molar-refractivity contribution in [3.05, 3.63) is 18.0 Å². The second kappa shape index (κ2) is 3.94. The van der Waals surface area contributed by atoms with Crippen molar-refractivity contribution in [2.24, 2.45) is 7.05 Å². The summed E-state index contributed by atoms with van der Waals surface area (Å²) in [6.07, 6.45) is 5.24. The summed E-state index contributed by atoms with van der Waals surface area (Å²) < 4.78 is 7.26. The Morgan fingerprint density at radius 3 is 2.67 bits per heavy atom. The van der Waals surface area contributed by atoms with E-state index in [1.807, 2.05) is 13.1 Å². The zero-order valence-electron chi connectivity index (χ0n) is 9.31. The second-order valence-corrected chi connectivity index (χ2v) is 4.26. The van der Waals surface area contributed by atoms with Crippen LogP contribution >= 0.6 is 0 Å². The molecule has 0 spiro atoms. The number of aromatic nitrogens is 2. The summed E-state index contributed by atoms with van der Waals surface area (Å²) in [4.78, 5) is 0. The molecule has 0 amide bonds. The molecule has 4 nitrogen and oxygen atoms in total. The van der Waals surface area contributed by atoms with Crippen LogP contribution in [0.2, 0.25) is 0 Å². The number of ether oxygens (including phenoxy) is 1. The lowest BCUT2D eigenvalue weighted by molar-refractivity contribution is -0.103. The van der Waals surface area contributed by atoms with Gasteiger partial charge in [-0.1, -0.05) is 12.8 Å². The molecule has 1 aromatic heterocycles. The van der Waals surface area contributed by atoms with Crippen LogP contribution in [0.1, 0.15) is 37.5 Å². The molecule has 0 radical (unpaired) electrons. The topological polar surface area (TPSA) is 47.3 Å². The Bertz CT molecular complexity index is 329. The van der Waals surface area contributed by atoms with Crippen molar-refractivity contribution in [1.29, 1.82) is 0 Å². The lowest BCUT2D eigenvalue weighted by atomic mass is 9.92. The number of aryl methyl sites for hydroxylation is 1. The lowest BCUT2D eigenvalue weighted by Crippen LogP contribution is -2.36. The highest BCUT2D eigenvalue weighted by molar-refractivity contribution is 5.11. The highest BCUT2D eigenvalue weighted by atomic mass is 16.5. The van der Waals surface area contributed by atoms with Crippen molar-refractivity contribution in [3.8, 4) is 0 Å². The maximum Gasteiger partial charge on any atom is 0.124 e. The van der Waals surface area contributed by atoms with E-state index in [1.165, 1.54) is 0 Å². The summed E-state index contributed by atoms with van der Waals surface area (Å²) in [5.41, 5.74) is 0.437. The molecular formula is C11H18N2O2. The number of rotatable bonds is 3. The van der Waals surface area contributed by atoms with Crippen LogP contribution in [0.25, 0.3) is 0 Å². The summed E-state index contributed by atoms with van der Waals surface area (Å²) in [6, 6.07) is 1.85. The van der Waals surface area contributed by atoms with Crippen LogP contribution in [-0.4, -0.2) is 27.6 Å². The molecule has 1 unspecified atom stereocenters. The van der Waals surface area contributed by atoms with Gasteiger partial charge in [-0.2, -0.15) is 5.10 Å². The largest absolute Gasteiger partial charge is 0.384 e. The van der Waals surface area contributed by atoms with Crippen molar-refractivity contribution < 1.29 is 9.84 Å². The summed E-state index contributed by atoms with van der Waals surface area (Å²) >= 11 is 0. The van der Waals surface area contributed by atoms with Gasteiger partial charge in [-0.3, -0.25) is 4.68 Å². The minimum Gasteiger partial charge on any atom is -0.384 e. The number of hydrogen-bond acceptors (Lipinski definition) is 3. The molecule has 0 aromatic carbocycles. The molecule has 84 valence electrons. The number of methoxy groups -OCH3 is 1. The van der Waals surface area contributed by atoms with E-state index in [0.29, 0.717) is 0 Å². The normalized spacial score (nSPS) is 21.8. The highest BCUT2D eigenvalue weighted by Crippen LogP contribution is 2.42. The van der Waals surface area contributed by atoms with Crippen LogP contribution in [0.15, 0.2) is 12.3 Å².